The molecule has 8 nitrogen and oxygen atoms in total. The lowest BCUT2D eigenvalue weighted by molar-refractivity contribution is 0.0948. The van der Waals surface area contributed by atoms with Gasteiger partial charge in [-0.25, -0.2) is 18.2 Å². The van der Waals surface area contributed by atoms with Crippen LogP contribution in [0, 0.1) is 0 Å². The molecule has 1 amide bonds. The molecular formula is C22H19ClN4O4S. The van der Waals surface area contributed by atoms with Gasteiger partial charge in [-0.3, -0.25) is 4.79 Å². The third-order valence-corrected chi connectivity index (χ3v) is 5.88. The molecule has 0 aliphatic heterocycles. The van der Waals surface area contributed by atoms with E-state index in [1.54, 1.807) is 59.5 Å². The van der Waals surface area contributed by atoms with Crippen LogP contribution in [0.3, 0.4) is 0 Å². The summed E-state index contributed by atoms with van der Waals surface area (Å²) in [4.78, 5) is 12.8. The molecule has 2 heterocycles. The zero-order valence-corrected chi connectivity index (χ0v) is 18.3. The molecule has 0 saturated carbocycles. The van der Waals surface area contributed by atoms with Crippen molar-refractivity contribution in [2.75, 3.05) is 6.54 Å². The van der Waals surface area contributed by atoms with Crippen molar-refractivity contribution in [2.45, 2.75) is 11.3 Å². The van der Waals surface area contributed by atoms with E-state index in [1.165, 1.54) is 12.1 Å². The van der Waals surface area contributed by atoms with Crippen LogP contribution in [0.15, 0.2) is 82.3 Å². The first-order valence-electron chi connectivity index (χ1n) is 9.61. The Hall–Kier alpha value is -3.40. The van der Waals surface area contributed by atoms with E-state index >= 15 is 0 Å². The highest BCUT2D eigenvalue weighted by molar-refractivity contribution is 7.89. The Kier molecular flexibility index (Phi) is 6.13. The van der Waals surface area contributed by atoms with Crippen molar-refractivity contribution in [3.63, 3.8) is 0 Å². The summed E-state index contributed by atoms with van der Waals surface area (Å²) in [6.45, 7) is 0.341. The van der Waals surface area contributed by atoms with Crippen molar-refractivity contribution in [2.24, 2.45) is 5.14 Å². The number of rotatable bonds is 7. The molecule has 0 spiro atoms. The zero-order chi connectivity index (χ0) is 22.7. The van der Waals surface area contributed by atoms with Gasteiger partial charge < -0.3 is 9.73 Å². The second-order valence-electron chi connectivity index (χ2n) is 6.98. The predicted molar refractivity (Wildman–Crippen MR) is 120 cm³/mol. The normalized spacial score (nSPS) is 11.4. The van der Waals surface area contributed by atoms with Gasteiger partial charge in [-0.15, -0.1) is 0 Å². The van der Waals surface area contributed by atoms with Gasteiger partial charge in [0.1, 0.15) is 5.69 Å². The Labute approximate surface area is 189 Å². The standard InChI is InChI=1S/C22H19ClN4O4S/c23-16-3-1-4-17(13-16)27-20(21-5-2-12-31-21)14-19(26-27)22(28)25-11-10-15-6-8-18(9-7-15)32(24,29)30/h1-9,12-14H,10-11H2,(H,25,28)(H2,24,29,30). The van der Waals surface area contributed by atoms with Crippen LogP contribution in [0.25, 0.3) is 17.1 Å². The Morgan fingerprint density at radius 2 is 1.88 bits per heavy atom. The number of sulfonamides is 1. The van der Waals surface area contributed by atoms with E-state index in [9.17, 15) is 13.2 Å². The highest BCUT2D eigenvalue weighted by Gasteiger charge is 2.18. The number of halogens is 1. The smallest absolute Gasteiger partial charge is 0.271 e. The maximum atomic E-state index is 12.7. The van der Waals surface area contributed by atoms with E-state index in [2.05, 4.69) is 10.4 Å². The van der Waals surface area contributed by atoms with Crippen molar-refractivity contribution in [1.82, 2.24) is 15.1 Å². The predicted octanol–water partition coefficient (Wildman–Crippen LogP) is 3.41. The van der Waals surface area contributed by atoms with E-state index in [1.807, 2.05) is 6.07 Å². The van der Waals surface area contributed by atoms with Crippen molar-refractivity contribution in [1.29, 1.82) is 0 Å². The molecule has 0 atom stereocenters. The van der Waals surface area contributed by atoms with E-state index in [4.69, 9.17) is 21.2 Å². The van der Waals surface area contributed by atoms with Crippen LogP contribution in [0.5, 0.6) is 0 Å². The number of hydrogen-bond acceptors (Lipinski definition) is 5. The molecule has 2 aromatic carbocycles. The molecule has 0 unspecified atom stereocenters. The number of amides is 1. The fourth-order valence-electron chi connectivity index (χ4n) is 3.15. The molecule has 0 saturated heterocycles. The fourth-order valence-corrected chi connectivity index (χ4v) is 3.85. The molecule has 2 aromatic heterocycles. The first-order valence-corrected chi connectivity index (χ1v) is 11.5. The first-order chi connectivity index (χ1) is 15.3. The number of carbonyl (C=O) groups excluding carboxylic acids is 1. The van der Waals surface area contributed by atoms with Crippen LogP contribution in [0.4, 0.5) is 0 Å². The molecule has 4 rings (SSSR count). The van der Waals surface area contributed by atoms with Crippen molar-refractivity contribution in [3.05, 3.63) is 89.3 Å². The van der Waals surface area contributed by atoms with E-state index < -0.39 is 10.0 Å². The Bertz CT molecular complexity index is 1350. The summed E-state index contributed by atoms with van der Waals surface area (Å²) in [5.41, 5.74) is 2.39. The maximum absolute atomic E-state index is 12.7. The average Bonchev–Trinajstić information content (AvgIpc) is 3.43. The Morgan fingerprint density at radius 3 is 2.53 bits per heavy atom. The van der Waals surface area contributed by atoms with Gasteiger partial charge in [-0.05, 0) is 54.4 Å². The average molecular weight is 471 g/mol. The molecule has 10 heteroatoms. The number of nitrogens with two attached hydrogens (primary N) is 1. The lowest BCUT2D eigenvalue weighted by Gasteiger charge is -2.06. The molecule has 3 N–H and O–H groups in total. The van der Waals surface area contributed by atoms with E-state index in [0.29, 0.717) is 35.1 Å². The number of carbonyl (C=O) groups is 1. The molecule has 0 aliphatic carbocycles. The topological polar surface area (TPSA) is 120 Å². The number of furan rings is 1. The van der Waals surface area contributed by atoms with Gasteiger partial charge in [0.05, 0.1) is 16.8 Å². The van der Waals surface area contributed by atoms with Crippen LogP contribution in [0.1, 0.15) is 16.1 Å². The Balaban J connectivity index is 1.50. The zero-order valence-electron chi connectivity index (χ0n) is 16.7. The van der Waals surface area contributed by atoms with E-state index in [0.717, 1.165) is 5.56 Å². The van der Waals surface area contributed by atoms with Crippen molar-refractivity contribution < 1.29 is 17.6 Å². The molecule has 164 valence electrons. The molecule has 0 radical (unpaired) electrons. The summed E-state index contributed by atoms with van der Waals surface area (Å²) in [7, 11) is -3.73. The van der Waals surface area contributed by atoms with Crippen molar-refractivity contribution in [3.8, 4) is 17.1 Å². The Morgan fingerprint density at radius 1 is 1.09 bits per heavy atom. The molecule has 0 aliphatic rings. The number of nitrogens with zero attached hydrogens (tertiary/aromatic N) is 2. The summed E-state index contributed by atoms with van der Waals surface area (Å²) in [6.07, 6.45) is 2.06. The summed E-state index contributed by atoms with van der Waals surface area (Å²) >= 11 is 6.12. The summed E-state index contributed by atoms with van der Waals surface area (Å²) in [5.74, 6) is 0.214. The maximum Gasteiger partial charge on any atom is 0.271 e. The first kappa shape index (κ1) is 21.8. The molecule has 0 bridgehead atoms. The minimum Gasteiger partial charge on any atom is -0.463 e. The van der Waals surface area contributed by atoms with Gasteiger partial charge in [0, 0.05) is 17.6 Å². The fraction of sp³-hybridized carbons (Fsp3) is 0.0909. The van der Waals surface area contributed by atoms with Crippen molar-refractivity contribution >= 4 is 27.5 Å². The van der Waals surface area contributed by atoms with Gasteiger partial charge in [-0.1, -0.05) is 29.8 Å². The second-order valence-corrected chi connectivity index (χ2v) is 8.98. The molecule has 4 aromatic rings. The number of aromatic nitrogens is 2. The van der Waals surface area contributed by atoms with E-state index in [-0.39, 0.29) is 16.5 Å². The van der Waals surface area contributed by atoms with Crippen LogP contribution in [-0.4, -0.2) is 30.7 Å². The number of hydrogen-bond donors (Lipinski definition) is 2. The summed E-state index contributed by atoms with van der Waals surface area (Å²) in [5, 5.41) is 12.9. The third kappa shape index (κ3) is 4.91. The number of benzene rings is 2. The number of primary sulfonamides is 1. The lowest BCUT2D eigenvalue weighted by Crippen LogP contribution is -2.26. The van der Waals surface area contributed by atoms with Crippen LogP contribution in [-0.2, 0) is 16.4 Å². The lowest BCUT2D eigenvalue weighted by atomic mass is 10.1. The van der Waals surface area contributed by atoms with Gasteiger partial charge >= 0.3 is 0 Å². The molecular weight excluding hydrogens is 452 g/mol. The van der Waals surface area contributed by atoms with Crippen LogP contribution < -0.4 is 10.5 Å². The molecule has 0 fully saturated rings. The largest absolute Gasteiger partial charge is 0.463 e. The third-order valence-electron chi connectivity index (χ3n) is 4.72. The highest BCUT2D eigenvalue weighted by atomic mass is 35.5. The minimum atomic E-state index is -3.73. The SMILES string of the molecule is NS(=O)(=O)c1ccc(CCNC(=O)c2cc(-c3ccco3)n(-c3cccc(Cl)c3)n2)cc1. The van der Waals surface area contributed by atoms with Crippen LogP contribution in [0.2, 0.25) is 5.02 Å². The quantitative estimate of drug-likeness (QED) is 0.429. The van der Waals surface area contributed by atoms with Gasteiger partial charge in [0.2, 0.25) is 10.0 Å². The van der Waals surface area contributed by atoms with Gasteiger partial charge in [0.15, 0.2) is 11.5 Å². The summed E-state index contributed by atoms with van der Waals surface area (Å²) < 4.78 is 29.8. The highest BCUT2D eigenvalue weighted by Crippen LogP contribution is 2.25. The second kappa shape index (κ2) is 8.99. The monoisotopic (exact) mass is 470 g/mol. The minimum absolute atomic E-state index is 0.0438. The number of nitrogens with one attached hydrogen (secondary N) is 1. The van der Waals surface area contributed by atoms with Gasteiger partial charge in [-0.2, -0.15) is 5.10 Å². The summed E-state index contributed by atoms with van der Waals surface area (Å²) in [6, 6.07) is 18.5. The molecule has 32 heavy (non-hydrogen) atoms. The van der Waals surface area contributed by atoms with Crippen LogP contribution >= 0.6 is 11.6 Å². The van der Waals surface area contributed by atoms with Gasteiger partial charge in [0.25, 0.3) is 5.91 Å².